The maximum atomic E-state index is 12.3. The molecule has 5 nitrogen and oxygen atoms in total. The summed E-state index contributed by atoms with van der Waals surface area (Å²) in [4.78, 5) is 0. The highest BCUT2D eigenvalue weighted by molar-refractivity contribution is 7.84. The van der Waals surface area contributed by atoms with Crippen molar-refractivity contribution in [2.45, 2.75) is 186 Å². The lowest BCUT2D eigenvalue weighted by Crippen LogP contribution is -2.53. The molecule has 1 atom stereocenters. The molecule has 0 aliphatic heterocycles. The van der Waals surface area contributed by atoms with E-state index in [9.17, 15) is 4.21 Å². The van der Waals surface area contributed by atoms with Gasteiger partial charge in [-0.2, -0.15) is 0 Å². The normalized spacial score (nSPS) is 13.7. The first-order chi connectivity index (χ1) is 22.6. The molecule has 1 unspecified atom stereocenters. The molecule has 1 aromatic rings. The molecule has 0 aliphatic rings. The fourth-order valence-electron chi connectivity index (χ4n) is 6.67. The minimum Gasteiger partial charge on any atom is -0.455 e. The van der Waals surface area contributed by atoms with Gasteiger partial charge in [0.2, 0.25) is 0 Å². The molecule has 0 aliphatic carbocycles. The van der Waals surface area contributed by atoms with E-state index in [-0.39, 0.29) is 0 Å². The molecule has 12 heteroatoms. The largest absolute Gasteiger partial charge is 0.468 e. The molecule has 0 saturated carbocycles. The second-order valence-corrected chi connectivity index (χ2v) is 37.6. The number of benzene rings is 1. The van der Waals surface area contributed by atoms with Gasteiger partial charge in [0, 0.05) is 28.3 Å². The monoisotopic (exact) mass is 790 g/mol. The number of rotatable bonds is 31. The number of unbranched alkanes of at least 4 members (excludes halogenated alkanes) is 13. The summed E-state index contributed by atoms with van der Waals surface area (Å²) in [7, 11) is -9.99. The lowest BCUT2D eigenvalue weighted by Gasteiger charge is -2.35. The minimum atomic E-state index is -2.47. The summed E-state index contributed by atoms with van der Waals surface area (Å²) in [5.41, 5.74) is 1.19. The van der Waals surface area contributed by atoms with E-state index in [4.69, 9.17) is 16.5 Å². The molecule has 1 aromatic carbocycles. The molecule has 0 N–H and O–H groups in total. The van der Waals surface area contributed by atoms with Crippen LogP contribution in [0.5, 0.6) is 0 Å². The molecule has 0 fully saturated rings. The van der Waals surface area contributed by atoms with E-state index in [1.807, 2.05) is 18.2 Å². The van der Waals surface area contributed by atoms with Crippen molar-refractivity contribution in [1.29, 1.82) is 0 Å². The minimum absolute atomic E-state index is 0.705. The van der Waals surface area contributed by atoms with Gasteiger partial charge in [0.1, 0.15) is 0 Å². The maximum Gasteiger partial charge on any atom is 0.468 e. The SMILES string of the molecule is C[SiH](C)O[Si](CCCCCCCC[Si](C)(C)O[Si](C)(C)CCCCCCCCCCCS(=O)Cc1ccccc1)(O[SiH](C)C)O[SiH](C)C. The van der Waals surface area contributed by atoms with Crippen molar-refractivity contribution < 1.29 is 20.7 Å². The average Bonchev–Trinajstić information content (AvgIpc) is 2.96. The van der Waals surface area contributed by atoms with Gasteiger partial charge >= 0.3 is 8.80 Å². The van der Waals surface area contributed by atoms with Crippen LogP contribution in [0.4, 0.5) is 0 Å². The van der Waals surface area contributed by atoms with Crippen LogP contribution < -0.4 is 0 Å². The zero-order valence-electron chi connectivity index (χ0n) is 33.2. The number of hydrogen-bond donors (Lipinski definition) is 0. The van der Waals surface area contributed by atoms with Gasteiger partial charge in [0.05, 0.1) is 0 Å². The van der Waals surface area contributed by atoms with Crippen LogP contribution in [0.2, 0.25) is 83.6 Å². The third-order valence-electron chi connectivity index (χ3n) is 8.63. The van der Waals surface area contributed by atoms with Crippen molar-refractivity contribution in [3.63, 3.8) is 0 Å². The molecular weight excluding hydrogens is 713 g/mol. The Bertz CT molecular complexity index is 926. The molecule has 48 heavy (non-hydrogen) atoms. The van der Waals surface area contributed by atoms with Crippen LogP contribution in [0.1, 0.15) is 102 Å². The van der Waals surface area contributed by atoms with Gasteiger partial charge in [-0.15, -0.1) is 0 Å². The average molecular weight is 792 g/mol. The fourth-order valence-corrected chi connectivity index (χ4v) is 29.8. The summed E-state index contributed by atoms with van der Waals surface area (Å²) in [5, 5.41) is 0. The molecular formula is C36H78O5SSi6. The molecule has 0 radical (unpaired) electrons. The van der Waals surface area contributed by atoms with Crippen LogP contribution in [0.15, 0.2) is 30.3 Å². The third-order valence-corrected chi connectivity index (χ3v) is 28.5. The highest BCUT2D eigenvalue weighted by Crippen LogP contribution is 2.27. The molecule has 0 aromatic heterocycles. The fraction of sp³-hybridized carbons (Fsp3) is 0.833. The van der Waals surface area contributed by atoms with E-state index >= 15 is 0 Å². The van der Waals surface area contributed by atoms with Crippen molar-refractivity contribution in [1.82, 2.24) is 0 Å². The quantitative estimate of drug-likeness (QED) is 0.0554. The van der Waals surface area contributed by atoms with E-state index in [0.717, 1.165) is 18.2 Å². The summed E-state index contributed by atoms with van der Waals surface area (Å²) in [6.45, 7) is 23.4. The van der Waals surface area contributed by atoms with Crippen LogP contribution in [-0.4, -0.2) is 62.5 Å². The first-order valence-corrected chi connectivity index (χ1v) is 37.8. The molecule has 0 amide bonds. The van der Waals surface area contributed by atoms with E-state index < -0.39 is 63.4 Å². The molecule has 0 bridgehead atoms. The topological polar surface area (TPSA) is 54.0 Å². The lowest BCUT2D eigenvalue weighted by atomic mass is 10.1. The summed E-state index contributed by atoms with van der Waals surface area (Å²) in [6, 6.07) is 13.9. The molecule has 282 valence electrons. The molecule has 1 rings (SSSR count). The van der Waals surface area contributed by atoms with E-state index in [2.05, 4.69) is 77.6 Å². The first kappa shape index (κ1) is 46.5. The van der Waals surface area contributed by atoms with Crippen LogP contribution in [-0.2, 0) is 33.0 Å². The smallest absolute Gasteiger partial charge is 0.455 e. The van der Waals surface area contributed by atoms with Gasteiger partial charge in [-0.25, -0.2) is 0 Å². The Kier molecular flexibility index (Phi) is 25.5. The Labute approximate surface area is 309 Å². The summed E-state index contributed by atoms with van der Waals surface area (Å²) in [6.07, 6.45) is 19.4. The van der Waals surface area contributed by atoms with Gasteiger partial charge in [0.15, 0.2) is 43.8 Å². The van der Waals surface area contributed by atoms with Crippen LogP contribution in [0, 0.1) is 0 Å². The number of hydrogen-bond acceptors (Lipinski definition) is 5. The first-order valence-electron chi connectivity index (χ1n) is 19.8. The van der Waals surface area contributed by atoms with Crippen molar-refractivity contribution in [3.05, 3.63) is 35.9 Å². The zero-order chi connectivity index (χ0) is 35.9. The van der Waals surface area contributed by atoms with Gasteiger partial charge < -0.3 is 16.5 Å². The van der Waals surface area contributed by atoms with Crippen molar-refractivity contribution in [3.8, 4) is 0 Å². The van der Waals surface area contributed by atoms with Gasteiger partial charge in [0.25, 0.3) is 0 Å². The molecule has 0 heterocycles. The van der Waals surface area contributed by atoms with Gasteiger partial charge in [-0.05, 0) is 96.0 Å². The second kappa shape index (κ2) is 26.3. The molecule has 0 saturated heterocycles. The summed E-state index contributed by atoms with van der Waals surface area (Å²) < 4.78 is 38.9. The Balaban J connectivity index is 2.11. The Hall–Kier alpha value is 0.511. The van der Waals surface area contributed by atoms with Gasteiger partial charge in [-0.3, -0.25) is 4.21 Å². The maximum absolute atomic E-state index is 12.3. The van der Waals surface area contributed by atoms with Crippen LogP contribution in [0.25, 0.3) is 0 Å². The standard InChI is InChI=1S/C36H78O5SSi6/c1-43(2)38-48(39-44(3)4,40-45(5)6)34-28-21-17-16-20-27-33-47(9,10)41-46(7,8)32-26-19-15-13-11-12-14-18-25-31-42(37)35-36-29-23-22-24-30-36/h22-24,29-30,43-45H,11-21,25-28,31-35H2,1-10H3. The van der Waals surface area contributed by atoms with E-state index in [1.54, 1.807) is 0 Å². The van der Waals surface area contributed by atoms with Crippen LogP contribution >= 0.6 is 0 Å². The lowest BCUT2D eigenvalue weighted by molar-refractivity contribution is 0.266. The Morgan fingerprint density at radius 1 is 0.521 bits per heavy atom. The predicted molar refractivity (Wildman–Crippen MR) is 229 cm³/mol. The molecule has 0 spiro atoms. The van der Waals surface area contributed by atoms with E-state index in [1.165, 1.54) is 108 Å². The zero-order valence-corrected chi connectivity index (χ0v) is 40.5. The van der Waals surface area contributed by atoms with Crippen LogP contribution in [0.3, 0.4) is 0 Å². The van der Waals surface area contributed by atoms with Crippen molar-refractivity contribution in [2.75, 3.05) is 5.75 Å². The third kappa shape index (κ3) is 25.5. The second-order valence-electron chi connectivity index (χ2n) is 16.1. The van der Waals surface area contributed by atoms with Crippen molar-refractivity contribution >= 4 is 63.4 Å². The van der Waals surface area contributed by atoms with Crippen molar-refractivity contribution in [2.24, 2.45) is 0 Å². The Morgan fingerprint density at radius 3 is 1.27 bits per heavy atom. The highest BCUT2D eigenvalue weighted by Gasteiger charge is 2.42. The Morgan fingerprint density at radius 2 is 0.875 bits per heavy atom. The van der Waals surface area contributed by atoms with E-state index in [0.29, 0.717) is 5.75 Å². The highest BCUT2D eigenvalue weighted by atomic mass is 32.2. The predicted octanol–water partition coefficient (Wildman–Crippen LogP) is 11.2. The summed E-state index contributed by atoms with van der Waals surface area (Å²) >= 11 is 0. The van der Waals surface area contributed by atoms with Gasteiger partial charge in [-0.1, -0.05) is 114 Å². The summed E-state index contributed by atoms with van der Waals surface area (Å²) in [5.74, 6) is 1.55.